The number of nitrogens with one attached hydrogen (secondary N) is 1. The van der Waals surface area contributed by atoms with Crippen LogP contribution in [0.1, 0.15) is 34.6 Å². The van der Waals surface area contributed by atoms with Crippen molar-refractivity contribution in [3.05, 3.63) is 59.4 Å². The molecule has 0 aliphatic carbocycles. The largest absolute Gasteiger partial charge is 0.573 e. The van der Waals surface area contributed by atoms with Crippen LogP contribution in [0.3, 0.4) is 0 Å². The maximum atomic E-state index is 12.2. The number of imidazole rings is 1. The monoisotopic (exact) mass is 364 g/mol. The van der Waals surface area contributed by atoms with E-state index in [4.69, 9.17) is 0 Å². The number of esters is 1. The van der Waals surface area contributed by atoms with Crippen molar-refractivity contribution in [2.24, 2.45) is 0 Å². The zero-order valence-electron chi connectivity index (χ0n) is 13.9. The van der Waals surface area contributed by atoms with Crippen molar-refractivity contribution >= 4 is 17.0 Å². The maximum absolute atomic E-state index is 12.2. The molecule has 1 atom stereocenters. The summed E-state index contributed by atoms with van der Waals surface area (Å²) in [4.78, 5) is 19.2. The van der Waals surface area contributed by atoms with Gasteiger partial charge in [-0.05, 0) is 35.9 Å². The van der Waals surface area contributed by atoms with Gasteiger partial charge in [-0.3, -0.25) is 0 Å². The summed E-state index contributed by atoms with van der Waals surface area (Å²) in [6, 6.07) is 10.6. The van der Waals surface area contributed by atoms with Crippen molar-refractivity contribution in [3.8, 4) is 5.75 Å². The first-order valence-electron chi connectivity index (χ1n) is 7.70. The highest BCUT2D eigenvalue weighted by Gasteiger charge is 2.31. The van der Waals surface area contributed by atoms with Gasteiger partial charge in [-0.2, -0.15) is 0 Å². The number of nitrogens with zero attached hydrogens (tertiary/aromatic N) is 1. The second-order valence-corrected chi connectivity index (χ2v) is 5.68. The van der Waals surface area contributed by atoms with Crippen LogP contribution in [0.4, 0.5) is 13.2 Å². The summed E-state index contributed by atoms with van der Waals surface area (Å²) < 4.78 is 45.2. The smallest absolute Gasteiger partial charge is 0.465 e. The predicted octanol–water partition coefficient (Wildman–Crippen LogP) is 4.40. The van der Waals surface area contributed by atoms with Crippen LogP contribution >= 0.6 is 0 Å². The van der Waals surface area contributed by atoms with Crippen LogP contribution in [-0.4, -0.2) is 29.4 Å². The molecule has 2 aromatic carbocycles. The maximum Gasteiger partial charge on any atom is 0.573 e. The number of ether oxygens (including phenoxy) is 2. The zero-order chi connectivity index (χ0) is 18.9. The molecule has 136 valence electrons. The van der Waals surface area contributed by atoms with Crippen LogP contribution in [0.5, 0.6) is 5.75 Å². The summed E-state index contributed by atoms with van der Waals surface area (Å²) in [7, 11) is 1.30. The lowest BCUT2D eigenvalue weighted by Gasteiger charge is -2.12. The fraction of sp³-hybridized carbons (Fsp3) is 0.222. The predicted molar refractivity (Wildman–Crippen MR) is 88.1 cm³/mol. The molecule has 1 aromatic heterocycles. The highest BCUT2D eigenvalue weighted by Crippen LogP contribution is 2.28. The Morgan fingerprint density at radius 1 is 1.15 bits per heavy atom. The van der Waals surface area contributed by atoms with E-state index < -0.39 is 12.3 Å². The second kappa shape index (κ2) is 6.70. The number of benzene rings is 2. The lowest BCUT2D eigenvalue weighted by Crippen LogP contribution is -2.17. The SMILES string of the molecule is COC(=O)c1ccc2[nH]c(C(C)c3ccc(OC(F)(F)F)cc3)nc2c1. The van der Waals surface area contributed by atoms with Crippen LogP contribution in [0, 0.1) is 0 Å². The Bertz CT molecular complexity index is 933. The molecule has 0 bridgehead atoms. The standard InChI is InChI=1S/C18H15F3N2O3/c1-10(11-3-6-13(7-4-11)26-18(19,20)21)16-22-14-8-5-12(17(24)25-2)9-15(14)23-16/h3-10H,1-2H3,(H,22,23). The van der Waals surface area contributed by atoms with Gasteiger partial charge in [-0.25, -0.2) is 9.78 Å². The van der Waals surface area contributed by atoms with Gasteiger partial charge in [0.15, 0.2) is 0 Å². The summed E-state index contributed by atoms with van der Waals surface area (Å²) in [6.45, 7) is 1.87. The molecule has 0 saturated carbocycles. The quantitative estimate of drug-likeness (QED) is 0.697. The Morgan fingerprint density at radius 3 is 2.46 bits per heavy atom. The number of hydrogen-bond acceptors (Lipinski definition) is 4. The molecular formula is C18H15F3N2O3. The molecule has 0 radical (unpaired) electrons. The summed E-state index contributed by atoms with van der Waals surface area (Å²) in [5.74, 6) is -0.291. The number of H-pyrrole nitrogens is 1. The molecule has 3 rings (SSSR count). The van der Waals surface area contributed by atoms with E-state index in [0.717, 1.165) is 11.1 Å². The van der Waals surface area contributed by atoms with Gasteiger partial charge in [0.2, 0.25) is 0 Å². The highest BCUT2D eigenvalue weighted by molar-refractivity contribution is 5.93. The van der Waals surface area contributed by atoms with Crippen LogP contribution in [0.2, 0.25) is 0 Å². The van der Waals surface area contributed by atoms with Gasteiger partial charge in [0.25, 0.3) is 0 Å². The van der Waals surface area contributed by atoms with E-state index in [1.807, 2.05) is 6.92 Å². The number of aromatic amines is 1. The van der Waals surface area contributed by atoms with E-state index in [1.165, 1.54) is 19.2 Å². The Labute approximate surface area is 146 Å². The van der Waals surface area contributed by atoms with Crippen molar-refractivity contribution in [2.45, 2.75) is 19.2 Å². The molecule has 0 fully saturated rings. The first kappa shape index (κ1) is 17.8. The molecule has 1 N–H and O–H groups in total. The van der Waals surface area contributed by atoms with Crippen LogP contribution in [0.15, 0.2) is 42.5 Å². The minimum atomic E-state index is -4.72. The Morgan fingerprint density at radius 2 is 1.85 bits per heavy atom. The van der Waals surface area contributed by atoms with E-state index in [-0.39, 0.29) is 11.7 Å². The Balaban J connectivity index is 1.85. The molecule has 5 nitrogen and oxygen atoms in total. The molecule has 1 heterocycles. The van der Waals surface area contributed by atoms with E-state index in [0.29, 0.717) is 16.9 Å². The van der Waals surface area contributed by atoms with Crippen LogP contribution in [-0.2, 0) is 4.74 Å². The summed E-state index contributed by atoms with van der Waals surface area (Å²) in [5.41, 5.74) is 2.51. The Kier molecular flexibility index (Phi) is 4.58. The lowest BCUT2D eigenvalue weighted by atomic mass is 10.0. The third-order valence-electron chi connectivity index (χ3n) is 3.95. The second-order valence-electron chi connectivity index (χ2n) is 5.68. The molecular weight excluding hydrogens is 349 g/mol. The highest BCUT2D eigenvalue weighted by atomic mass is 19.4. The summed E-state index contributed by atoms with van der Waals surface area (Å²) in [6.07, 6.45) is -4.72. The third kappa shape index (κ3) is 3.79. The minimum absolute atomic E-state index is 0.191. The van der Waals surface area contributed by atoms with Crippen molar-refractivity contribution in [1.29, 1.82) is 0 Å². The van der Waals surface area contributed by atoms with Crippen molar-refractivity contribution in [3.63, 3.8) is 0 Å². The van der Waals surface area contributed by atoms with Gasteiger partial charge < -0.3 is 14.5 Å². The molecule has 8 heteroatoms. The topological polar surface area (TPSA) is 64.2 Å². The third-order valence-corrected chi connectivity index (χ3v) is 3.95. The molecule has 3 aromatic rings. The van der Waals surface area contributed by atoms with Gasteiger partial charge in [0.05, 0.1) is 23.7 Å². The fourth-order valence-corrected chi connectivity index (χ4v) is 2.59. The van der Waals surface area contributed by atoms with Gasteiger partial charge in [0, 0.05) is 5.92 Å². The van der Waals surface area contributed by atoms with Gasteiger partial charge >= 0.3 is 12.3 Å². The molecule has 26 heavy (non-hydrogen) atoms. The van der Waals surface area contributed by atoms with Crippen molar-refractivity contribution in [2.75, 3.05) is 7.11 Å². The molecule has 1 unspecified atom stereocenters. The van der Waals surface area contributed by atoms with E-state index >= 15 is 0 Å². The number of halogens is 3. The molecule has 0 amide bonds. The number of alkyl halides is 3. The number of hydrogen-bond donors (Lipinski definition) is 1. The van der Waals surface area contributed by atoms with Crippen molar-refractivity contribution < 1.29 is 27.4 Å². The van der Waals surface area contributed by atoms with Crippen LogP contribution < -0.4 is 4.74 Å². The zero-order valence-corrected chi connectivity index (χ0v) is 13.9. The van der Waals surface area contributed by atoms with E-state index in [2.05, 4.69) is 19.4 Å². The molecule has 0 aliphatic rings. The number of carbonyl (C=O) groups excluding carboxylic acids is 1. The summed E-state index contributed by atoms with van der Waals surface area (Å²) >= 11 is 0. The van der Waals surface area contributed by atoms with E-state index in [1.54, 1.807) is 30.3 Å². The Hall–Kier alpha value is -3.03. The van der Waals surface area contributed by atoms with Crippen molar-refractivity contribution in [1.82, 2.24) is 9.97 Å². The number of methoxy groups -OCH3 is 1. The molecule has 0 aliphatic heterocycles. The number of aromatic nitrogens is 2. The minimum Gasteiger partial charge on any atom is -0.465 e. The number of rotatable bonds is 4. The van der Waals surface area contributed by atoms with Crippen LogP contribution in [0.25, 0.3) is 11.0 Å². The van der Waals surface area contributed by atoms with Gasteiger partial charge in [-0.1, -0.05) is 19.1 Å². The fourth-order valence-electron chi connectivity index (χ4n) is 2.59. The van der Waals surface area contributed by atoms with E-state index in [9.17, 15) is 18.0 Å². The normalized spacial score (nSPS) is 12.8. The van der Waals surface area contributed by atoms with Gasteiger partial charge in [0.1, 0.15) is 11.6 Å². The number of carbonyl (C=O) groups is 1. The number of fused-ring (bicyclic) bond motifs is 1. The average Bonchev–Trinajstić information content (AvgIpc) is 3.02. The average molecular weight is 364 g/mol. The lowest BCUT2D eigenvalue weighted by molar-refractivity contribution is -0.274. The molecule has 0 saturated heterocycles. The summed E-state index contributed by atoms with van der Waals surface area (Å²) in [5, 5.41) is 0. The van der Waals surface area contributed by atoms with Gasteiger partial charge in [-0.15, -0.1) is 13.2 Å². The molecule has 0 spiro atoms. The first-order valence-corrected chi connectivity index (χ1v) is 7.70. The first-order chi connectivity index (χ1) is 12.3.